The van der Waals surface area contributed by atoms with E-state index in [1.165, 1.54) is 10.7 Å². The van der Waals surface area contributed by atoms with Crippen LogP contribution >= 0.6 is 12.6 Å². The number of carbonyl (C=O) groups is 1. The van der Waals surface area contributed by atoms with Crippen LogP contribution < -0.4 is 0 Å². The Kier molecular flexibility index (Phi) is 2.75. The van der Waals surface area contributed by atoms with E-state index in [2.05, 4.69) is 27.7 Å². The number of aliphatic hydroxyl groups is 1. The molecule has 0 saturated carbocycles. The van der Waals surface area contributed by atoms with Crippen LogP contribution in [0, 0.1) is 0 Å². The first kappa shape index (κ1) is 10.8. The highest BCUT2D eigenvalue weighted by molar-refractivity contribution is 7.80. The van der Waals surface area contributed by atoms with Crippen molar-refractivity contribution in [1.29, 1.82) is 0 Å². The van der Waals surface area contributed by atoms with Crippen molar-refractivity contribution in [2.45, 2.75) is 11.4 Å². The monoisotopic (exact) mass is 240 g/mol. The molecule has 2 heterocycles. The van der Waals surface area contributed by atoms with E-state index in [-0.39, 0.29) is 23.0 Å². The largest absolute Gasteiger partial charge is 0.478 e. The molecule has 16 heavy (non-hydrogen) atoms. The average Bonchev–Trinajstić information content (AvgIpc) is 2.62. The zero-order chi connectivity index (χ0) is 11.7. The first-order chi connectivity index (χ1) is 7.63. The second-order valence-corrected chi connectivity index (χ2v) is 3.44. The maximum atomic E-state index is 10.8. The summed E-state index contributed by atoms with van der Waals surface area (Å²) in [5, 5.41) is 21.7. The predicted molar refractivity (Wildman–Crippen MR) is 55.8 cm³/mol. The van der Waals surface area contributed by atoms with Gasteiger partial charge in [0.1, 0.15) is 10.6 Å². The zero-order valence-electron chi connectivity index (χ0n) is 8.03. The van der Waals surface area contributed by atoms with Crippen molar-refractivity contribution < 1.29 is 15.0 Å². The van der Waals surface area contributed by atoms with Crippen molar-refractivity contribution in [3.05, 3.63) is 17.6 Å². The summed E-state index contributed by atoms with van der Waals surface area (Å²) >= 11 is 4.06. The second kappa shape index (κ2) is 4.06. The highest BCUT2D eigenvalue weighted by Gasteiger charge is 2.14. The van der Waals surface area contributed by atoms with Crippen LogP contribution in [0.1, 0.15) is 16.2 Å². The first-order valence-corrected chi connectivity index (χ1v) is 4.86. The quantitative estimate of drug-likeness (QED) is 0.500. The van der Waals surface area contributed by atoms with Crippen molar-refractivity contribution in [1.82, 2.24) is 19.6 Å². The van der Waals surface area contributed by atoms with E-state index in [9.17, 15) is 4.79 Å². The molecule has 0 bridgehead atoms. The fourth-order valence-electron chi connectivity index (χ4n) is 1.22. The average molecular weight is 240 g/mol. The van der Waals surface area contributed by atoms with Crippen LogP contribution in [-0.2, 0) is 6.42 Å². The molecule has 2 aromatic heterocycles. The number of aromatic nitrogens is 4. The van der Waals surface area contributed by atoms with Gasteiger partial charge in [-0.3, -0.25) is 0 Å². The molecular formula is C8H8N4O3S. The van der Waals surface area contributed by atoms with Gasteiger partial charge >= 0.3 is 5.97 Å². The molecule has 0 aliphatic heterocycles. The number of hydrogen-bond acceptors (Lipinski definition) is 6. The van der Waals surface area contributed by atoms with Gasteiger partial charge in [-0.2, -0.15) is 9.50 Å². The normalized spacial score (nSPS) is 10.9. The van der Waals surface area contributed by atoms with E-state index in [4.69, 9.17) is 10.2 Å². The summed E-state index contributed by atoms with van der Waals surface area (Å²) in [6, 6.07) is 0. The van der Waals surface area contributed by atoms with E-state index in [0.29, 0.717) is 12.2 Å². The number of nitrogens with zero attached hydrogens (tertiary/aromatic N) is 4. The van der Waals surface area contributed by atoms with Crippen molar-refractivity contribution in [3.63, 3.8) is 0 Å². The van der Waals surface area contributed by atoms with Gasteiger partial charge in [0.25, 0.3) is 5.78 Å². The molecule has 8 heteroatoms. The molecule has 0 unspecified atom stereocenters. The lowest BCUT2D eigenvalue weighted by Gasteiger charge is -1.99. The van der Waals surface area contributed by atoms with Gasteiger partial charge in [-0.05, 0) is 0 Å². The molecule has 0 atom stereocenters. The molecule has 0 fully saturated rings. The van der Waals surface area contributed by atoms with Crippen LogP contribution in [-0.4, -0.2) is 42.4 Å². The van der Waals surface area contributed by atoms with Crippen molar-refractivity contribution in [3.8, 4) is 0 Å². The molecule has 0 saturated heterocycles. The second-order valence-electron chi connectivity index (χ2n) is 3.01. The van der Waals surface area contributed by atoms with E-state index in [0.717, 1.165) is 0 Å². The smallest absolute Gasteiger partial charge is 0.340 e. The molecule has 0 aromatic carbocycles. The minimum absolute atomic E-state index is 0.0451. The summed E-state index contributed by atoms with van der Waals surface area (Å²) in [5.74, 6) is -0.468. The number of thiol groups is 1. The lowest BCUT2D eigenvalue weighted by atomic mass is 10.3. The standard InChI is InChI=1S/C8H8N4O3S/c13-2-1-5-10-8-9-3-4(7(14)15)6(16)12(8)11-5/h3,13,16H,1-2H2,(H,14,15). The molecule has 0 aliphatic rings. The highest BCUT2D eigenvalue weighted by atomic mass is 32.1. The molecule has 2 aromatic rings. The summed E-state index contributed by atoms with van der Waals surface area (Å²) in [6.45, 7) is -0.0788. The Morgan fingerprint density at radius 3 is 2.94 bits per heavy atom. The van der Waals surface area contributed by atoms with Gasteiger partial charge in [0.15, 0.2) is 5.82 Å². The summed E-state index contributed by atoms with van der Waals surface area (Å²) in [4.78, 5) is 18.7. The topological polar surface area (TPSA) is 101 Å². The fourth-order valence-corrected chi connectivity index (χ4v) is 1.51. The maximum absolute atomic E-state index is 10.8. The molecule has 2 rings (SSSR count). The molecule has 0 spiro atoms. The van der Waals surface area contributed by atoms with Gasteiger partial charge in [-0.15, -0.1) is 17.7 Å². The zero-order valence-corrected chi connectivity index (χ0v) is 8.92. The minimum atomic E-state index is -1.13. The van der Waals surface area contributed by atoms with Gasteiger partial charge < -0.3 is 10.2 Å². The fraction of sp³-hybridized carbons (Fsp3) is 0.250. The Morgan fingerprint density at radius 2 is 2.31 bits per heavy atom. The maximum Gasteiger partial charge on any atom is 0.340 e. The lowest BCUT2D eigenvalue weighted by Crippen LogP contribution is -2.05. The summed E-state index contributed by atoms with van der Waals surface area (Å²) < 4.78 is 1.23. The molecule has 0 radical (unpaired) electrons. The van der Waals surface area contributed by atoms with Crippen LogP contribution in [0.25, 0.3) is 5.78 Å². The van der Waals surface area contributed by atoms with Crippen molar-refractivity contribution in [2.75, 3.05) is 6.61 Å². The van der Waals surface area contributed by atoms with Crippen molar-refractivity contribution >= 4 is 24.4 Å². The number of rotatable bonds is 3. The Hall–Kier alpha value is -1.67. The molecule has 7 nitrogen and oxygen atoms in total. The van der Waals surface area contributed by atoms with Crippen molar-refractivity contribution in [2.24, 2.45) is 0 Å². The molecule has 0 amide bonds. The Bertz CT molecular complexity index is 553. The van der Waals surface area contributed by atoms with Gasteiger partial charge in [0.05, 0.1) is 6.61 Å². The van der Waals surface area contributed by atoms with Crippen LogP contribution in [0.5, 0.6) is 0 Å². The lowest BCUT2D eigenvalue weighted by molar-refractivity contribution is 0.0691. The van der Waals surface area contributed by atoms with E-state index in [1.54, 1.807) is 0 Å². The number of aromatic carboxylic acids is 1. The molecule has 2 N–H and O–H groups in total. The molecule has 0 aliphatic carbocycles. The highest BCUT2D eigenvalue weighted by Crippen LogP contribution is 2.13. The van der Waals surface area contributed by atoms with Gasteiger partial charge in [0.2, 0.25) is 0 Å². The Labute approximate surface area is 95.2 Å². The summed E-state index contributed by atoms with van der Waals surface area (Å²) in [5.41, 5.74) is -0.0451. The van der Waals surface area contributed by atoms with Gasteiger partial charge in [-0.1, -0.05) is 0 Å². The number of carboxylic acid groups (broad SMARTS) is 1. The Balaban J connectivity index is 2.60. The molecular weight excluding hydrogens is 232 g/mol. The number of hydrogen-bond donors (Lipinski definition) is 3. The molecule has 84 valence electrons. The van der Waals surface area contributed by atoms with Crippen LogP contribution in [0.4, 0.5) is 0 Å². The van der Waals surface area contributed by atoms with Crippen LogP contribution in [0.15, 0.2) is 11.2 Å². The van der Waals surface area contributed by atoms with E-state index < -0.39 is 5.97 Å². The van der Waals surface area contributed by atoms with E-state index in [1.807, 2.05) is 0 Å². The third-order valence-corrected chi connectivity index (χ3v) is 2.38. The number of carboxylic acids is 1. The predicted octanol–water partition coefficient (Wildman–Crippen LogP) is -0.354. The number of aliphatic hydroxyl groups excluding tert-OH is 1. The van der Waals surface area contributed by atoms with E-state index >= 15 is 0 Å². The van der Waals surface area contributed by atoms with Gasteiger partial charge in [-0.25, -0.2) is 9.78 Å². The third kappa shape index (κ3) is 1.72. The first-order valence-electron chi connectivity index (χ1n) is 4.41. The van der Waals surface area contributed by atoms with Crippen LogP contribution in [0.2, 0.25) is 0 Å². The van der Waals surface area contributed by atoms with Crippen LogP contribution in [0.3, 0.4) is 0 Å². The summed E-state index contributed by atoms with van der Waals surface area (Å²) in [6.07, 6.45) is 1.47. The minimum Gasteiger partial charge on any atom is -0.478 e. The van der Waals surface area contributed by atoms with Gasteiger partial charge in [0, 0.05) is 12.6 Å². The SMILES string of the molecule is O=C(O)c1cnc2nc(CCO)nn2c1S. The third-order valence-electron chi connectivity index (χ3n) is 1.95. The Morgan fingerprint density at radius 1 is 1.56 bits per heavy atom. The number of fused-ring (bicyclic) bond motifs is 1. The summed E-state index contributed by atoms with van der Waals surface area (Å²) in [7, 11) is 0.